The molecule has 0 spiro atoms. The number of rotatable bonds is 4. The van der Waals surface area contributed by atoms with Crippen molar-refractivity contribution in [2.75, 3.05) is 6.66 Å². The normalized spacial score (nSPS) is 13.5. The van der Waals surface area contributed by atoms with Gasteiger partial charge in [0.1, 0.15) is 11.3 Å². The van der Waals surface area contributed by atoms with Crippen molar-refractivity contribution in [1.82, 2.24) is 0 Å². The number of hydrogen-bond acceptors (Lipinski definition) is 8. The van der Waals surface area contributed by atoms with E-state index in [0.29, 0.717) is 0 Å². The maximum atomic E-state index is 12.3. The molecule has 9 nitrogen and oxygen atoms in total. The van der Waals surface area contributed by atoms with Gasteiger partial charge in [0.25, 0.3) is 0 Å². The highest BCUT2D eigenvalue weighted by Gasteiger charge is 2.19. The van der Waals surface area contributed by atoms with Gasteiger partial charge in [-0.05, 0) is 30.3 Å². The summed E-state index contributed by atoms with van der Waals surface area (Å²) in [6.45, 7) is 0.884. The minimum Gasteiger partial charge on any atom is -0.508 e. The fraction of sp³-hybridized carbons (Fsp3) is 0.0625. The van der Waals surface area contributed by atoms with Crippen LogP contribution >= 0.6 is 7.60 Å². The Balaban J connectivity index is 2.13. The monoisotopic (exact) mass is 380 g/mol. The van der Waals surface area contributed by atoms with Gasteiger partial charge in [-0.15, -0.1) is 4.67 Å². The molecule has 0 amide bonds. The molecule has 1 aromatic heterocycles. The van der Waals surface area contributed by atoms with E-state index in [9.17, 15) is 24.7 Å². The number of aromatic hydroxyl groups is 3. The fourth-order valence-corrected chi connectivity index (χ4v) is 2.42. The molecule has 1 heterocycles. The Morgan fingerprint density at radius 1 is 1.08 bits per heavy atom. The molecule has 3 aromatic rings. The highest BCUT2D eigenvalue weighted by molar-refractivity contribution is 7.51. The van der Waals surface area contributed by atoms with Crippen molar-refractivity contribution in [1.29, 1.82) is 0 Å². The number of benzene rings is 2. The van der Waals surface area contributed by atoms with Crippen LogP contribution < -0.4 is 10.3 Å². The van der Waals surface area contributed by atoms with Crippen LogP contribution in [0.1, 0.15) is 0 Å². The molecule has 0 aliphatic heterocycles. The Bertz CT molecular complexity index is 1100. The average molecular weight is 380 g/mol. The molecule has 10 heteroatoms. The molecule has 26 heavy (non-hydrogen) atoms. The zero-order chi connectivity index (χ0) is 19.1. The second-order valence-corrected chi connectivity index (χ2v) is 7.19. The fourth-order valence-electron chi connectivity index (χ4n) is 2.20. The molecule has 0 saturated heterocycles. The quantitative estimate of drug-likeness (QED) is 0.305. The third-order valence-corrected chi connectivity index (χ3v) is 3.69. The van der Waals surface area contributed by atoms with Gasteiger partial charge in [0.15, 0.2) is 11.5 Å². The van der Waals surface area contributed by atoms with Crippen molar-refractivity contribution in [3.8, 4) is 34.3 Å². The zero-order valence-corrected chi connectivity index (χ0v) is 14.1. The first kappa shape index (κ1) is 17.8. The number of hydrogen-bond donors (Lipinski definition) is 4. The van der Waals surface area contributed by atoms with Gasteiger partial charge in [0.05, 0.1) is 5.39 Å². The molecule has 3 rings (SSSR count). The maximum Gasteiger partial charge on any atom is 0.363 e. The first-order valence-corrected chi connectivity index (χ1v) is 9.17. The van der Waals surface area contributed by atoms with Crippen LogP contribution in [0.25, 0.3) is 22.3 Å². The molecular formula is C16H13O9P. The minimum absolute atomic E-state index is 0.0306. The predicted molar refractivity (Wildman–Crippen MR) is 90.4 cm³/mol. The van der Waals surface area contributed by atoms with Gasteiger partial charge in [-0.2, -0.15) is 0 Å². The lowest BCUT2D eigenvalue weighted by Gasteiger charge is -2.10. The molecular weight excluding hydrogens is 367 g/mol. The minimum atomic E-state index is -3.98. The SMILES string of the molecule is CP(=O)(O)OOc1cc(-c2oc3cc(O)ccc3c(=O)c2O)ccc1O. The van der Waals surface area contributed by atoms with Crippen molar-refractivity contribution in [3.63, 3.8) is 0 Å². The molecule has 0 saturated carbocycles. The van der Waals surface area contributed by atoms with Crippen molar-refractivity contribution in [3.05, 3.63) is 46.6 Å². The lowest BCUT2D eigenvalue weighted by Crippen LogP contribution is -2.02. The highest BCUT2D eigenvalue weighted by Crippen LogP contribution is 2.41. The van der Waals surface area contributed by atoms with Gasteiger partial charge >= 0.3 is 7.60 Å². The van der Waals surface area contributed by atoms with Gasteiger partial charge in [-0.3, -0.25) is 9.36 Å². The van der Waals surface area contributed by atoms with Crippen LogP contribution in [0.4, 0.5) is 0 Å². The van der Waals surface area contributed by atoms with E-state index in [1.807, 2.05) is 0 Å². The van der Waals surface area contributed by atoms with Crippen LogP contribution in [0.2, 0.25) is 0 Å². The van der Waals surface area contributed by atoms with E-state index in [0.717, 1.165) is 18.8 Å². The molecule has 1 atom stereocenters. The Labute approximate surface area is 145 Å². The van der Waals surface area contributed by atoms with E-state index in [1.54, 1.807) is 0 Å². The summed E-state index contributed by atoms with van der Waals surface area (Å²) in [5, 5.41) is 29.5. The third-order valence-electron chi connectivity index (χ3n) is 3.34. The summed E-state index contributed by atoms with van der Waals surface area (Å²) in [5.41, 5.74) is -0.574. The van der Waals surface area contributed by atoms with E-state index in [4.69, 9.17) is 9.31 Å². The summed E-state index contributed by atoms with van der Waals surface area (Å²) in [7, 11) is -3.98. The van der Waals surface area contributed by atoms with Gasteiger partial charge in [-0.1, -0.05) is 0 Å². The first-order valence-electron chi connectivity index (χ1n) is 7.14. The van der Waals surface area contributed by atoms with Gasteiger partial charge < -0.3 is 29.5 Å². The summed E-state index contributed by atoms with van der Waals surface area (Å²) in [6, 6.07) is 7.40. The Morgan fingerprint density at radius 2 is 1.81 bits per heavy atom. The van der Waals surface area contributed by atoms with Crippen LogP contribution in [0.3, 0.4) is 0 Å². The maximum absolute atomic E-state index is 12.3. The Morgan fingerprint density at radius 3 is 2.50 bits per heavy atom. The molecule has 4 N–H and O–H groups in total. The van der Waals surface area contributed by atoms with E-state index < -0.39 is 24.5 Å². The summed E-state index contributed by atoms with van der Waals surface area (Å²) in [5.74, 6) is -1.83. The number of phenolic OH excluding ortho intramolecular Hbond substituents is 2. The average Bonchev–Trinajstić information content (AvgIpc) is 2.56. The lowest BCUT2D eigenvalue weighted by molar-refractivity contribution is -0.109. The molecule has 2 aromatic carbocycles. The van der Waals surface area contributed by atoms with Crippen LogP contribution in [-0.2, 0) is 9.24 Å². The second-order valence-electron chi connectivity index (χ2n) is 5.43. The molecule has 136 valence electrons. The van der Waals surface area contributed by atoms with Gasteiger partial charge in [0, 0.05) is 18.3 Å². The smallest absolute Gasteiger partial charge is 0.363 e. The largest absolute Gasteiger partial charge is 0.508 e. The Kier molecular flexibility index (Phi) is 4.37. The first-order chi connectivity index (χ1) is 12.2. The Hall–Kier alpha value is -3.00. The summed E-state index contributed by atoms with van der Waals surface area (Å²) in [4.78, 5) is 26.0. The van der Waals surface area contributed by atoms with Crippen molar-refractivity contribution in [2.45, 2.75) is 0 Å². The molecule has 0 radical (unpaired) electrons. The van der Waals surface area contributed by atoms with Crippen molar-refractivity contribution >= 4 is 18.6 Å². The van der Waals surface area contributed by atoms with E-state index in [-0.39, 0.29) is 33.8 Å². The van der Waals surface area contributed by atoms with E-state index in [2.05, 4.69) is 9.56 Å². The van der Waals surface area contributed by atoms with E-state index >= 15 is 0 Å². The third kappa shape index (κ3) is 3.50. The standard InChI is InChI=1S/C16H13O9P/c1-26(21,22)25-24-13-6-8(2-5-11(13)18)16-15(20)14(19)10-4-3-9(17)7-12(10)23-16/h2-7,17-18,20H,1H3,(H,21,22). The molecule has 1 unspecified atom stereocenters. The highest BCUT2D eigenvalue weighted by atomic mass is 31.2. The van der Waals surface area contributed by atoms with Crippen LogP contribution in [0, 0.1) is 0 Å². The van der Waals surface area contributed by atoms with Gasteiger partial charge in [0.2, 0.25) is 16.9 Å². The molecule has 0 bridgehead atoms. The second kappa shape index (κ2) is 6.38. The number of fused-ring (bicyclic) bond motifs is 1. The molecule has 0 fully saturated rings. The van der Waals surface area contributed by atoms with Crippen LogP contribution in [0.5, 0.6) is 23.0 Å². The summed E-state index contributed by atoms with van der Waals surface area (Å²) < 4.78 is 20.9. The lowest BCUT2D eigenvalue weighted by atomic mass is 10.1. The predicted octanol–water partition coefficient (Wildman–Crippen LogP) is 2.70. The molecule has 0 aliphatic carbocycles. The molecule has 0 aliphatic rings. The van der Waals surface area contributed by atoms with Crippen LogP contribution in [-0.4, -0.2) is 26.9 Å². The summed E-state index contributed by atoms with van der Waals surface area (Å²) in [6.07, 6.45) is 0. The van der Waals surface area contributed by atoms with Crippen molar-refractivity contribution in [2.24, 2.45) is 0 Å². The van der Waals surface area contributed by atoms with E-state index in [1.165, 1.54) is 24.3 Å². The number of phenols is 2. The summed E-state index contributed by atoms with van der Waals surface area (Å²) >= 11 is 0. The van der Waals surface area contributed by atoms with Gasteiger partial charge in [-0.25, -0.2) is 0 Å². The van der Waals surface area contributed by atoms with Crippen molar-refractivity contribution < 1.29 is 38.8 Å². The zero-order valence-electron chi connectivity index (χ0n) is 13.2. The van der Waals surface area contributed by atoms with Crippen LogP contribution in [0.15, 0.2) is 45.6 Å². The topological polar surface area (TPSA) is 147 Å².